The van der Waals surface area contributed by atoms with Gasteiger partial charge in [0, 0.05) is 11.6 Å². The smallest absolute Gasteiger partial charge is 0.206 e. The first-order valence-corrected chi connectivity index (χ1v) is 4.29. The van der Waals surface area contributed by atoms with Gasteiger partial charge in [-0.05, 0) is 19.9 Å². The van der Waals surface area contributed by atoms with E-state index < -0.39 is 0 Å². The van der Waals surface area contributed by atoms with Crippen molar-refractivity contribution in [1.29, 1.82) is 0 Å². The first-order chi connectivity index (χ1) is 5.65. The molecular formula is C11H16N+. The van der Waals surface area contributed by atoms with Crippen molar-refractivity contribution in [1.82, 2.24) is 0 Å². The molecule has 0 fully saturated rings. The Balaban J connectivity index is 3.01. The molecular weight excluding hydrogens is 146 g/mol. The number of hydrogen-bond acceptors (Lipinski definition) is 0. The van der Waals surface area contributed by atoms with Gasteiger partial charge in [0.05, 0.1) is 0 Å². The molecule has 0 aliphatic heterocycles. The summed E-state index contributed by atoms with van der Waals surface area (Å²) in [6.45, 7) is 9.25. The second-order valence-corrected chi connectivity index (χ2v) is 3.15. The van der Waals surface area contributed by atoms with Crippen molar-refractivity contribution in [2.75, 3.05) is 13.6 Å². The van der Waals surface area contributed by atoms with Gasteiger partial charge in [0.2, 0.25) is 5.71 Å². The molecule has 0 amide bonds. The predicted octanol–water partition coefficient (Wildman–Crippen LogP) is 2.16. The monoisotopic (exact) mass is 162 g/mol. The molecule has 64 valence electrons. The summed E-state index contributed by atoms with van der Waals surface area (Å²) >= 11 is 0. The summed E-state index contributed by atoms with van der Waals surface area (Å²) in [6.07, 6.45) is 6.36. The van der Waals surface area contributed by atoms with Crippen LogP contribution in [0.4, 0.5) is 0 Å². The minimum atomic E-state index is 1.02. The van der Waals surface area contributed by atoms with E-state index >= 15 is 0 Å². The van der Waals surface area contributed by atoms with Gasteiger partial charge in [-0.1, -0.05) is 18.2 Å². The molecule has 0 heterocycles. The van der Waals surface area contributed by atoms with Gasteiger partial charge in [-0.15, -0.1) is 0 Å². The normalized spacial score (nSPS) is 20.9. The fraction of sp³-hybridized carbons (Fsp3) is 0.364. The zero-order valence-electron chi connectivity index (χ0n) is 8.09. The van der Waals surface area contributed by atoms with E-state index in [2.05, 4.69) is 50.3 Å². The molecule has 0 aromatic rings. The molecule has 1 rings (SSSR count). The molecule has 1 heteroatoms. The third-order valence-corrected chi connectivity index (χ3v) is 2.12. The van der Waals surface area contributed by atoms with Gasteiger partial charge >= 0.3 is 0 Å². The molecule has 0 bridgehead atoms. The molecule has 0 radical (unpaired) electrons. The van der Waals surface area contributed by atoms with Gasteiger partial charge in [0.15, 0.2) is 0 Å². The summed E-state index contributed by atoms with van der Waals surface area (Å²) in [5.74, 6) is 0. The number of rotatable bonds is 1. The van der Waals surface area contributed by atoms with Crippen LogP contribution in [0.1, 0.15) is 13.8 Å². The van der Waals surface area contributed by atoms with Crippen LogP contribution in [-0.4, -0.2) is 23.9 Å². The van der Waals surface area contributed by atoms with Crippen molar-refractivity contribution in [3.05, 3.63) is 36.0 Å². The van der Waals surface area contributed by atoms with E-state index in [1.165, 1.54) is 11.3 Å². The molecule has 0 N–H and O–H groups in total. The maximum Gasteiger partial charge on any atom is 0.206 e. The molecule has 1 nitrogen and oxygen atoms in total. The quantitative estimate of drug-likeness (QED) is 0.520. The summed E-state index contributed by atoms with van der Waals surface area (Å²) < 4.78 is 2.20. The number of hydrogen-bond donors (Lipinski definition) is 0. The van der Waals surface area contributed by atoms with Gasteiger partial charge in [-0.25, -0.2) is 4.58 Å². The van der Waals surface area contributed by atoms with Gasteiger partial charge in [-0.2, -0.15) is 0 Å². The van der Waals surface area contributed by atoms with Gasteiger partial charge < -0.3 is 0 Å². The number of nitrogens with zero attached hydrogens (tertiary/aromatic N) is 1. The molecule has 0 saturated heterocycles. The van der Waals surface area contributed by atoms with Gasteiger partial charge in [0.1, 0.15) is 13.6 Å². The summed E-state index contributed by atoms with van der Waals surface area (Å²) in [6, 6.07) is 0. The van der Waals surface area contributed by atoms with Crippen LogP contribution in [0.3, 0.4) is 0 Å². The minimum absolute atomic E-state index is 1.02. The zero-order chi connectivity index (χ0) is 9.14. The van der Waals surface area contributed by atoms with Crippen molar-refractivity contribution >= 4 is 5.71 Å². The highest BCUT2D eigenvalue weighted by atomic mass is 15.0. The molecule has 0 aromatic carbocycles. The second kappa shape index (κ2) is 3.53. The molecule has 12 heavy (non-hydrogen) atoms. The Labute approximate surface area is 74.4 Å². The van der Waals surface area contributed by atoms with E-state index in [0.717, 1.165) is 12.1 Å². The lowest BCUT2D eigenvalue weighted by atomic mass is 10.0. The van der Waals surface area contributed by atoms with Gasteiger partial charge in [0.25, 0.3) is 0 Å². The van der Waals surface area contributed by atoms with Crippen molar-refractivity contribution in [2.45, 2.75) is 13.8 Å². The largest absolute Gasteiger partial charge is 0.232 e. The fourth-order valence-electron chi connectivity index (χ4n) is 1.26. The Morgan fingerprint density at radius 3 is 2.58 bits per heavy atom. The first kappa shape index (κ1) is 8.98. The van der Waals surface area contributed by atoms with Crippen molar-refractivity contribution in [3.8, 4) is 0 Å². The van der Waals surface area contributed by atoms with E-state index in [1.54, 1.807) is 0 Å². The molecule has 0 saturated carbocycles. The van der Waals surface area contributed by atoms with E-state index in [0.29, 0.717) is 0 Å². The zero-order valence-corrected chi connectivity index (χ0v) is 8.09. The van der Waals surface area contributed by atoms with E-state index in [4.69, 9.17) is 0 Å². The third-order valence-electron chi connectivity index (χ3n) is 2.12. The van der Waals surface area contributed by atoms with E-state index in [9.17, 15) is 0 Å². The highest BCUT2D eigenvalue weighted by Crippen LogP contribution is 2.11. The van der Waals surface area contributed by atoms with Crippen LogP contribution >= 0.6 is 0 Å². The van der Waals surface area contributed by atoms with Crippen LogP contribution in [0.15, 0.2) is 36.0 Å². The lowest BCUT2D eigenvalue weighted by molar-refractivity contribution is -0.492. The summed E-state index contributed by atoms with van der Waals surface area (Å²) in [5.41, 5.74) is 3.61. The average Bonchev–Trinajstić information content (AvgIpc) is 2.03. The Bertz CT molecular complexity index is 290. The third kappa shape index (κ3) is 1.73. The van der Waals surface area contributed by atoms with Crippen molar-refractivity contribution in [2.24, 2.45) is 0 Å². The molecule has 1 aliphatic rings. The number of allylic oxidation sites excluding steroid dienone is 5. The molecule has 1 aliphatic carbocycles. The first-order valence-electron chi connectivity index (χ1n) is 4.29. The predicted molar refractivity (Wildman–Crippen MR) is 53.8 cm³/mol. The Morgan fingerprint density at radius 2 is 2.08 bits per heavy atom. The standard InChI is InChI=1S/C11H16N/c1-5-12(4)11-7-6-9(2)8-10(11)3/h6-8H,3,5H2,1-2,4H3/q+1/b12-11-. The molecule has 0 aromatic heterocycles. The Morgan fingerprint density at radius 1 is 1.42 bits per heavy atom. The van der Waals surface area contributed by atoms with Crippen LogP contribution in [0, 0.1) is 0 Å². The second-order valence-electron chi connectivity index (χ2n) is 3.15. The highest BCUT2D eigenvalue weighted by Gasteiger charge is 2.11. The lowest BCUT2D eigenvalue weighted by Crippen LogP contribution is -2.17. The van der Waals surface area contributed by atoms with Gasteiger partial charge in [-0.3, -0.25) is 0 Å². The Hall–Kier alpha value is -1.11. The minimum Gasteiger partial charge on any atom is -0.232 e. The van der Waals surface area contributed by atoms with Crippen LogP contribution < -0.4 is 0 Å². The van der Waals surface area contributed by atoms with E-state index in [-0.39, 0.29) is 0 Å². The Kier molecular flexibility index (Phi) is 2.64. The molecule has 0 spiro atoms. The maximum atomic E-state index is 4.01. The fourth-order valence-corrected chi connectivity index (χ4v) is 1.26. The van der Waals surface area contributed by atoms with Crippen LogP contribution in [0.5, 0.6) is 0 Å². The summed E-state index contributed by atoms with van der Waals surface area (Å²) in [7, 11) is 2.08. The highest BCUT2D eigenvalue weighted by molar-refractivity contribution is 6.08. The van der Waals surface area contributed by atoms with Crippen molar-refractivity contribution in [3.63, 3.8) is 0 Å². The SMILES string of the molecule is C=C1C=C(C)C=C/C1=[N+](\C)CC. The summed E-state index contributed by atoms with van der Waals surface area (Å²) in [4.78, 5) is 0. The van der Waals surface area contributed by atoms with E-state index in [1.807, 2.05) is 0 Å². The van der Waals surface area contributed by atoms with Crippen LogP contribution in [0.25, 0.3) is 0 Å². The van der Waals surface area contributed by atoms with Crippen LogP contribution in [-0.2, 0) is 0 Å². The van der Waals surface area contributed by atoms with Crippen LogP contribution in [0.2, 0.25) is 0 Å². The lowest BCUT2D eigenvalue weighted by Gasteiger charge is -2.06. The summed E-state index contributed by atoms with van der Waals surface area (Å²) in [5, 5.41) is 0. The average molecular weight is 162 g/mol. The maximum absolute atomic E-state index is 4.01. The molecule has 0 atom stereocenters. The topological polar surface area (TPSA) is 3.01 Å². The van der Waals surface area contributed by atoms with Crippen molar-refractivity contribution < 1.29 is 4.58 Å². The molecule has 0 unspecified atom stereocenters.